The van der Waals surface area contributed by atoms with E-state index >= 15 is 0 Å². The van der Waals surface area contributed by atoms with E-state index in [0.717, 1.165) is 41.3 Å². The first kappa shape index (κ1) is 32.6. The van der Waals surface area contributed by atoms with Crippen LogP contribution in [0.25, 0.3) is 0 Å². The molecule has 3 aliphatic rings. The van der Waals surface area contributed by atoms with E-state index < -0.39 is 31.7 Å². The molecule has 3 aliphatic heterocycles. The van der Waals surface area contributed by atoms with Crippen LogP contribution in [0.5, 0.6) is 11.5 Å². The third-order valence-electron chi connectivity index (χ3n) is 10.2. The van der Waals surface area contributed by atoms with Gasteiger partial charge in [-0.2, -0.15) is 13.1 Å². The highest BCUT2D eigenvalue weighted by Crippen LogP contribution is 2.48. The van der Waals surface area contributed by atoms with Crippen LogP contribution in [0, 0.1) is 0 Å². The minimum atomic E-state index is -4.31. The molecule has 0 bridgehead atoms. The minimum Gasteiger partial charge on any atom is -0.452 e. The molecular weight excluding hydrogens is 623 g/mol. The van der Waals surface area contributed by atoms with Crippen LogP contribution >= 0.6 is 0 Å². The van der Waals surface area contributed by atoms with Crippen LogP contribution in [0.15, 0.2) is 59.6 Å². The summed E-state index contributed by atoms with van der Waals surface area (Å²) < 4.78 is 65.1. The molecule has 3 heterocycles. The highest BCUT2D eigenvalue weighted by Gasteiger charge is 2.43. The van der Waals surface area contributed by atoms with Crippen LogP contribution in [0.2, 0.25) is 0 Å². The molecule has 1 N–H and O–H groups in total. The molecule has 0 amide bonds. The average molecular weight is 667 g/mol. The summed E-state index contributed by atoms with van der Waals surface area (Å²) in [4.78, 5) is 7.32. The van der Waals surface area contributed by atoms with Crippen molar-refractivity contribution in [1.82, 2.24) is 13.0 Å². The molecule has 10 nitrogen and oxygen atoms in total. The van der Waals surface area contributed by atoms with Gasteiger partial charge in [-0.05, 0) is 63.3 Å². The first-order chi connectivity index (χ1) is 21.4. The third-order valence-corrected chi connectivity index (χ3v) is 14.2. The predicted molar refractivity (Wildman–Crippen MR) is 181 cm³/mol. The number of benzene rings is 3. The molecule has 2 atom stereocenters. The predicted octanol–water partition coefficient (Wildman–Crippen LogP) is 4.15. The van der Waals surface area contributed by atoms with E-state index in [9.17, 15) is 16.8 Å². The molecule has 0 fully saturated rings. The largest absolute Gasteiger partial charge is 0.452 e. The Hall–Kier alpha value is -3.32. The van der Waals surface area contributed by atoms with Gasteiger partial charge in [0.05, 0.1) is 11.8 Å². The third kappa shape index (κ3) is 5.74. The number of nitrogens with one attached hydrogen (secondary N) is 1. The van der Waals surface area contributed by atoms with Crippen molar-refractivity contribution in [2.24, 2.45) is 4.99 Å². The van der Waals surface area contributed by atoms with Crippen LogP contribution in [-0.2, 0) is 26.8 Å². The monoisotopic (exact) mass is 666 g/mol. The van der Waals surface area contributed by atoms with Crippen molar-refractivity contribution in [2.45, 2.75) is 76.9 Å². The Morgan fingerprint density at radius 3 is 2.39 bits per heavy atom. The van der Waals surface area contributed by atoms with E-state index in [0.29, 0.717) is 32.9 Å². The van der Waals surface area contributed by atoms with Crippen molar-refractivity contribution in [2.75, 3.05) is 31.8 Å². The standard InChI is InChI=1S/C34H44N5O5S2/c1-22-18-33(2,3)37(6)29-16-31-27(14-25(22)29)36-28-15-26-24(19-34(4,5)38(7)30(26)17-32(28)44-31)21-45(40,41)39(8)46(42,43)35-20-23-12-10-9-11-13-23/h9-17,22,24,35H,18-21H2,1-8H3/q+1. The Balaban J connectivity index is 1.36. The molecule has 0 saturated carbocycles. The lowest BCUT2D eigenvalue weighted by molar-refractivity contribution is 0.292. The van der Waals surface area contributed by atoms with E-state index in [1.807, 2.05) is 25.2 Å². The molecule has 6 rings (SSSR count). The first-order valence-electron chi connectivity index (χ1n) is 15.6. The van der Waals surface area contributed by atoms with Gasteiger partial charge in [-0.3, -0.25) is 0 Å². The van der Waals surface area contributed by atoms with Gasteiger partial charge in [0.2, 0.25) is 15.4 Å². The first-order valence-corrected chi connectivity index (χ1v) is 18.7. The fraction of sp³-hybridized carbons (Fsp3) is 0.471. The number of hydrogen-bond donors (Lipinski definition) is 1. The second kappa shape index (κ2) is 11.1. The van der Waals surface area contributed by atoms with Crippen molar-refractivity contribution >= 4 is 31.6 Å². The van der Waals surface area contributed by atoms with Gasteiger partial charge in [0.25, 0.3) is 10.2 Å². The van der Waals surface area contributed by atoms with Crippen molar-refractivity contribution in [1.29, 1.82) is 0 Å². The maximum Gasteiger partial charge on any atom is 0.292 e. The Kier molecular flexibility index (Phi) is 7.90. The van der Waals surface area contributed by atoms with Crippen molar-refractivity contribution in [3.8, 4) is 11.5 Å². The van der Waals surface area contributed by atoms with Crippen LogP contribution in [0.1, 0.15) is 76.0 Å². The fourth-order valence-corrected chi connectivity index (χ4v) is 10.1. The van der Waals surface area contributed by atoms with Gasteiger partial charge in [0.1, 0.15) is 18.1 Å². The van der Waals surface area contributed by atoms with Gasteiger partial charge in [0, 0.05) is 55.8 Å². The van der Waals surface area contributed by atoms with Crippen LogP contribution in [0.3, 0.4) is 0 Å². The number of sulfonamides is 1. The Morgan fingerprint density at radius 1 is 1.00 bits per heavy atom. The Bertz CT molecular complexity index is 2060. The summed E-state index contributed by atoms with van der Waals surface area (Å²) >= 11 is 0. The maximum atomic E-state index is 13.7. The number of fused-ring (bicyclic) bond motifs is 4. The van der Waals surface area contributed by atoms with Gasteiger partial charge in [-0.25, -0.2) is 18.0 Å². The molecule has 12 heteroatoms. The summed E-state index contributed by atoms with van der Waals surface area (Å²) in [5, 5.41) is 1.47. The normalized spacial score (nSPS) is 21.4. The van der Waals surface area contributed by atoms with Gasteiger partial charge in [-0.15, -0.1) is 0 Å². The van der Waals surface area contributed by atoms with E-state index in [-0.39, 0.29) is 17.8 Å². The van der Waals surface area contributed by atoms with Crippen LogP contribution in [-0.4, -0.2) is 58.5 Å². The van der Waals surface area contributed by atoms with Crippen molar-refractivity contribution in [3.05, 3.63) is 82.0 Å². The number of ether oxygens (including phenoxy) is 1. The smallest absolute Gasteiger partial charge is 0.292 e. The molecule has 46 heavy (non-hydrogen) atoms. The van der Waals surface area contributed by atoms with Crippen molar-refractivity contribution < 1.29 is 21.6 Å². The molecule has 0 aromatic heterocycles. The summed E-state index contributed by atoms with van der Waals surface area (Å²) in [5.41, 5.74) is 4.25. The summed E-state index contributed by atoms with van der Waals surface area (Å²) in [6, 6.07) is 17.0. The number of rotatable bonds is 7. The van der Waals surface area contributed by atoms with Crippen LogP contribution in [0.4, 0.5) is 11.4 Å². The lowest BCUT2D eigenvalue weighted by atomic mass is 9.80. The van der Waals surface area contributed by atoms with E-state index in [1.165, 1.54) is 5.56 Å². The van der Waals surface area contributed by atoms with Crippen molar-refractivity contribution in [3.63, 3.8) is 0 Å². The van der Waals surface area contributed by atoms with Gasteiger partial charge in [0.15, 0.2) is 17.0 Å². The highest BCUT2D eigenvalue weighted by molar-refractivity contribution is 8.03. The second-order valence-electron chi connectivity index (χ2n) is 14.2. The molecule has 3 aromatic carbocycles. The quantitative estimate of drug-likeness (QED) is 0.297. The lowest BCUT2D eigenvalue weighted by Crippen LogP contribution is -2.52. The van der Waals surface area contributed by atoms with Gasteiger partial charge in [-0.1, -0.05) is 41.0 Å². The van der Waals surface area contributed by atoms with Gasteiger partial charge >= 0.3 is 0 Å². The van der Waals surface area contributed by atoms with Crippen LogP contribution < -0.4 is 29.6 Å². The summed E-state index contributed by atoms with van der Waals surface area (Å²) in [5.74, 6) is 0.804. The molecular formula is C34H44N5O5S2+. The molecule has 0 aliphatic carbocycles. The van der Waals surface area contributed by atoms with E-state index in [1.54, 1.807) is 24.3 Å². The molecule has 2 unspecified atom stereocenters. The molecule has 246 valence electrons. The van der Waals surface area contributed by atoms with Gasteiger partial charge < -0.3 is 9.64 Å². The average Bonchev–Trinajstić information content (AvgIpc) is 2.99. The minimum absolute atomic E-state index is 0.0123. The SMILES string of the molecule is CC1CC(C)(C)N(C)c2cc3c(cc21)N=c1cc2c(cc1O3)=[N+](C)C(C)(C)CC2CS(=O)(=O)N(C)S(=O)(=O)NCc1ccccc1. The highest BCUT2D eigenvalue weighted by atomic mass is 32.3. The maximum absolute atomic E-state index is 13.7. The second-order valence-corrected chi connectivity index (χ2v) is 18.3. The fourth-order valence-electron chi connectivity index (χ4n) is 7.05. The zero-order chi connectivity index (χ0) is 33.4. The molecule has 0 spiro atoms. The Morgan fingerprint density at radius 2 is 1.70 bits per heavy atom. The summed E-state index contributed by atoms with van der Waals surface area (Å²) in [6.07, 6.45) is 1.52. The van der Waals surface area contributed by atoms with E-state index in [4.69, 9.17) is 9.73 Å². The Labute approximate surface area is 272 Å². The summed E-state index contributed by atoms with van der Waals surface area (Å²) in [7, 11) is -3.35. The van der Waals surface area contributed by atoms with E-state index in [2.05, 4.69) is 68.0 Å². The molecule has 0 saturated heterocycles. The lowest BCUT2D eigenvalue weighted by Gasteiger charge is -2.45. The zero-order valence-electron chi connectivity index (χ0n) is 27.8. The number of anilines is 1. The number of hydrogen-bond acceptors (Lipinski definition) is 7. The molecule has 3 aromatic rings. The number of nitrogens with zero attached hydrogens (tertiary/aromatic N) is 4. The summed E-state index contributed by atoms with van der Waals surface area (Å²) in [6.45, 7) is 10.8. The zero-order valence-corrected chi connectivity index (χ0v) is 29.5. The topological polar surface area (TPSA) is 111 Å². The molecule has 0 radical (unpaired) electrons.